The SMILES string of the molecule is CCNC(C)c1ccc(N(C)C2CCSC2)c(Br)c1. The summed E-state index contributed by atoms with van der Waals surface area (Å²) in [5, 5.41) is 3.46. The van der Waals surface area contributed by atoms with Gasteiger partial charge in [-0.15, -0.1) is 0 Å². The second kappa shape index (κ2) is 7.00. The molecular formula is C15H23BrN2S. The zero-order chi connectivity index (χ0) is 13.8. The highest BCUT2D eigenvalue weighted by Gasteiger charge is 2.21. The molecule has 1 aliphatic rings. The van der Waals surface area contributed by atoms with Crippen LogP contribution in [-0.2, 0) is 0 Å². The van der Waals surface area contributed by atoms with E-state index in [0.29, 0.717) is 12.1 Å². The van der Waals surface area contributed by atoms with Crippen molar-refractivity contribution < 1.29 is 0 Å². The third-order valence-electron chi connectivity index (χ3n) is 3.82. The molecule has 1 aromatic rings. The Morgan fingerprint density at radius 2 is 2.32 bits per heavy atom. The lowest BCUT2D eigenvalue weighted by atomic mass is 10.1. The monoisotopic (exact) mass is 342 g/mol. The number of nitrogens with one attached hydrogen (secondary N) is 1. The first kappa shape index (κ1) is 15.2. The molecule has 0 amide bonds. The molecule has 0 bridgehead atoms. The second-order valence-electron chi connectivity index (χ2n) is 5.12. The Bertz CT molecular complexity index is 419. The molecule has 106 valence electrons. The summed E-state index contributed by atoms with van der Waals surface area (Å²) < 4.78 is 1.20. The fraction of sp³-hybridized carbons (Fsp3) is 0.600. The molecule has 2 unspecified atom stereocenters. The summed E-state index contributed by atoms with van der Waals surface area (Å²) in [7, 11) is 2.21. The minimum atomic E-state index is 0.405. The molecule has 1 heterocycles. The Morgan fingerprint density at radius 3 is 2.89 bits per heavy atom. The molecule has 1 N–H and O–H groups in total. The van der Waals surface area contributed by atoms with Gasteiger partial charge in [0, 0.05) is 29.4 Å². The van der Waals surface area contributed by atoms with E-state index < -0.39 is 0 Å². The molecule has 0 radical (unpaired) electrons. The maximum atomic E-state index is 3.74. The van der Waals surface area contributed by atoms with Gasteiger partial charge in [-0.05, 0) is 59.3 Å². The van der Waals surface area contributed by atoms with E-state index in [-0.39, 0.29) is 0 Å². The zero-order valence-corrected chi connectivity index (χ0v) is 14.4. The van der Waals surface area contributed by atoms with E-state index in [0.717, 1.165) is 6.54 Å². The number of benzene rings is 1. The smallest absolute Gasteiger partial charge is 0.0511 e. The predicted octanol–water partition coefficient (Wildman–Crippen LogP) is 4.06. The van der Waals surface area contributed by atoms with Crippen LogP contribution in [0.4, 0.5) is 5.69 Å². The van der Waals surface area contributed by atoms with Crippen molar-refractivity contribution in [1.29, 1.82) is 0 Å². The van der Waals surface area contributed by atoms with Crippen LogP contribution < -0.4 is 10.2 Å². The van der Waals surface area contributed by atoms with Crippen LogP contribution in [0.3, 0.4) is 0 Å². The lowest BCUT2D eigenvalue weighted by Crippen LogP contribution is -2.31. The Labute approximate surface area is 129 Å². The summed E-state index contributed by atoms with van der Waals surface area (Å²) in [6.45, 7) is 5.35. The quantitative estimate of drug-likeness (QED) is 0.868. The molecule has 1 aliphatic heterocycles. The largest absolute Gasteiger partial charge is 0.370 e. The van der Waals surface area contributed by atoms with Gasteiger partial charge in [0.05, 0.1) is 5.69 Å². The summed E-state index contributed by atoms with van der Waals surface area (Å²) in [5.74, 6) is 2.54. The summed E-state index contributed by atoms with van der Waals surface area (Å²) in [6, 6.07) is 7.82. The Morgan fingerprint density at radius 1 is 1.53 bits per heavy atom. The molecule has 2 atom stereocenters. The van der Waals surface area contributed by atoms with Crippen molar-refractivity contribution >= 4 is 33.4 Å². The fourth-order valence-electron chi connectivity index (χ4n) is 2.53. The minimum absolute atomic E-state index is 0.405. The molecule has 1 fully saturated rings. The van der Waals surface area contributed by atoms with E-state index in [1.165, 1.54) is 33.7 Å². The molecule has 1 aromatic carbocycles. The normalized spacial score (nSPS) is 20.5. The van der Waals surface area contributed by atoms with E-state index in [1.54, 1.807) is 0 Å². The number of rotatable bonds is 5. The highest BCUT2D eigenvalue weighted by molar-refractivity contribution is 9.10. The summed E-state index contributed by atoms with van der Waals surface area (Å²) in [4.78, 5) is 2.42. The van der Waals surface area contributed by atoms with Gasteiger partial charge in [-0.1, -0.05) is 13.0 Å². The number of anilines is 1. The van der Waals surface area contributed by atoms with E-state index in [2.05, 4.69) is 77.0 Å². The first-order valence-corrected chi connectivity index (χ1v) is 8.91. The maximum Gasteiger partial charge on any atom is 0.0511 e. The first-order valence-electron chi connectivity index (χ1n) is 6.97. The third kappa shape index (κ3) is 3.67. The van der Waals surface area contributed by atoms with Crippen molar-refractivity contribution in [2.45, 2.75) is 32.4 Å². The number of halogens is 1. The van der Waals surface area contributed by atoms with Gasteiger partial charge >= 0.3 is 0 Å². The summed E-state index contributed by atoms with van der Waals surface area (Å²) in [5.41, 5.74) is 2.65. The Hall–Kier alpha value is -0.190. The second-order valence-corrected chi connectivity index (χ2v) is 7.12. The molecule has 4 heteroatoms. The topological polar surface area (TPSA) is 15.3 Å². The van der Waals surface area contributed by atoms with Crippen LogP contribution in [0.25, 0.3) is 0 Å². The van der Waals surface area contributed by atoms with Crippen molar-refractivity contribution in [2.75, 3.05) is 30.0 Å². The van der Waals surface area contributed by atoms with Gasteiger partial charge in [0.1, 0.15) is 0 Å². The number of thioether (sulfide) groups is 1. The maximum absolute atomic E-state index is 3.74. The van der Waals surface area contributed by atoms with Gasteiger partial charge in [0.2, 0.25) is 0 Å². The summed E-state index contributed by atoms with van der Waals surface area (Å²) >= 11 is 5.80. The van der Waals surface area contributed by atoms with Crippen LogP contribution in [0.15, 0.2) is 22.7 Å². The van der Waals surface area contributed by atoms with Crippen molar-refractivity contribution in [2.24, 2.45) is 0 Å². The van der Waals surface area contributed by atoms with Gasteiger partial charge in [0.15, 0.2) is 0 Å². The van der Waals surface area contributed by atoms with Gasteiger partial charge in [-0.3, -0.25) is 0 Å². The molecule has 0 aromatic heterocycles. The van der Waals surface area contributed by atoms with E-state index in [9.17, 15) is 0 Å². The van der Waals surface area contributed by atoms with Gasteiger partial charge in [-0.2, -0.15) is 11.8 Å². The van der Waals surface area contributed by atoms with Crippen LogP contribution >= 0.6 is 27.7 Å². The predicted molar refractivity (Wildman–Crippen MR) is 90.4 cm³/mol. The number of hydrogen-bond acceptors (Lipinski definition) is 3. The van der Waals surface area contributed by atoms with Crippen LogP contribution in [0.1, 0.15) is 31.9 Å². The number of hydrogen-bond donors (Lipinski definition) is 1. The highest BCUT2D eigenvalue weighted by atomic mass is 79.9. The molecule has 2 nitrogen and oxygen atoms in total. The molecule has 2 rings (SSSR count). The lowest BCUT2D eigenvalue weighted by Gasteiger charge is -2.27. The molecule has 0 aliphatic carbocycles. The first-order chi connectivity index (χ1) is 9.13. The van der Waals surface area contributed by atoms with E-state index in [4.69, 9.17) is 0 Å². The lowest BCUT2D eigenvalue weighted by molar-refractivity contribution is 0.597. The van der Waals surface area contributed by atoms with Gasteiger partial charge in [-0.25, -0.2) is 0 Å². The Kier molecular flexibility index (Phi) is 5.60. The van der Waals surface area contributed by atoms with Crippen LogP contribution in [0.5, 0.6) is 0 Å². The zero-order valence-electron chi connectivity index (χ0n) is 11.9. The summed E-state index contributed by atoms with van der Waals surface area (Å²) in [6.07, 6.45) is 1.29. The third-order valence-corrected chi connectivity index (χ3v) is 5.60. The van der Waals surface area contributed by atoms with Gasteiger partial charge in [0.25, 0.3) is 0 Å². The average Bonchev–Trinajstić information content (AvgIpc) is 2.92. The van der Waals surface area contributed by atoms with E-state index >= 15 is 0 Å². The fourth-order valence-corrected chi connectivity index (χ4v) is 4.47. The number of nitrogens with zero attached hydrogens (tertiary/aromatic N) is 1. The van der Waals surface area contributed by atoms with E-state index in [1.807, 2.05) is 0 Å². The molecular weight excluding hydrogens is 320 g/mol. The molecule has 0 spiro atoms. The molecule has 19 heavy (non-hydrogen) atoms. The molecule has 1 saturated heterocycles. The van der Waals surface area contributed by atoms with Crippen molar-refractivity contribution in [3.05, 3.63) is 28.2 Å². The van der Waals surface area contributed by atoms with Crippen LogP contribution in [0, 0.1) is 0 Å². The average molecular weight is 343 g/mol. The highest BCUT2D eigenvalue weighted by Crippen LogP contribution is 2.32. The van der Waals surface area contributed by atoms with Crippen molar-refractivity contribution in [3.8, 4) is 0 Å². The van der Waals surface area contributed by atoms with Gasteiger partial charge < -0.3 is 10.2 Å². The standard InChI is InChI=1S/C15H23BrN2S/c1-4-17-11(2)12-5-6-15(14(16)9-12)18(3)13-7-8-19-10-13/h5-6,9,11,13,17H,4,7-8,10H2,1-3H3. The van der Waals surface area contributed by atoms with Crippen LogP contribution in [0.2, 0.25) is 0 Å². The Balaban J connectivity index is 2.14. The minimum Gasteiger partial charge on any atom is -0.370 e. The van der Waals surface area contributed by atoms with Crippen molar-refractivity contribution in [1.82, 2.24) is 5.32 Å². The van der Waals surface area contributed by atoms with Crippen molar-refractivity contribution in [3.63, 3.8) is 0 Å². The van der Waals surface area contributed by atoms with Crippen LogP contribution in [-0.4, -0.2) is 31.1 Å². The molecule has 0 saturated carbocycles.